The molecule has 0 spiro atoms. The zero-order valence-corrected chi connectivity index (χ0v) is 9.48. The molecule has 1 aliphatic rings. The van der Waals surface area contributed by atoms with Crippen molar-refractivity contribution in [2.75, 3.05) is 18.5 Å². The van der Waals surface area contributed by atoms with Gasteiger partial charge in [-0.25, -0.2) is 0 Å². The van der Waals surface area contributed by atoms with Crippen LogP contribution in [-0.2, 0) is 9.53 Å². The molecule has 0 atom stereocenters. The van der Waals surface area contributed by atoms with E-state index in [0.29, 0.717) is 23.8 Å². The SMILES string of the molecule is N#Cc1ccccc1NC(=O)COCC1CC1. The fourth-order valence-corrected chi connectivity index (χ4v) is 1.48. The molecule has 0 radical (unpaired) electrons. The van der Waals surface area contributed by atoms with Crippen LogP contribution in [0.5, 0.6) is 0 Å². The van der Waals surface area contributed by atoms with Gasteiger partial charge in [0.1, 0.15) is 12.7 Å². The van der Waals surface area contributed by atoms with Gasteiger partial charge in [0, 0.05) is 0 Å². The predicted octanol–water partition coefficient (Wildman–Crippen LogP) is 1.92. The molecule has 4 nitrogen and oxygen atoms in total. The number of benzene rings is 1. The molecule has 0 bridgehead atoms. The maximum Gasteiger partial charge on any atom is 0.250 e. The van der Waals surface area contributed by atoms with Crippen LogP contribution in [0.4, 0.5) is 5.69 Å². The molecule has 0 saturated heterocycles. The van der Waals surface area contributed by atoms with Gasteiger partial charge in [0.2, 0.25) is 5.91 Å². The number of carbonyl (C=O) groups excluding carboxylic acids is 1. The third-order valence-electron chi connectivity index (χ3n) is 2.61. The largest absolute Gasteiger partial charge is 0.371 e. The highest BCUT2D eigenvalue weighted by Crippen LogP contribution is 2.28. The first-order valence-corrected chi connectivity index (χ1v) is 5.66. The zero-order chi connectivity index (χ0) is 12.1. The lowest BCUT2D eigenvalue weighted by Gasteiger charge is -2.07. The molecule has 1 aromatic rings. The number of hydrogen-bond acceptors (Lipinski definition) is 3. The van der Waals surface area contributed by atoms with E-state index >= 15 is 0 Å². The number of anilines is 1. The number of nitriles is 1. The van der Waals surface area contributed by atoms with Crippen LogP contribution < -0.4 is 5.32 Å². The van der Waals surface area contributed by atoms with Gasteiger partial charge in [0.25, 0.3) is 0 Å². The first-order valence-electron chi connectivity index (χ1n) is 5.66. The minimum atomic E-state index is -0.214. The molecule has 1 fully saturated rings. The van der Waals surface area contributed by atoms with Crippen molar-refractivity contribution in [3.8, 4) is 6.07 Å². The fraction of sp³-hybridized carbons (Fsp3) is 0.385. The molecule has 1 aliphatic carbocycles. The molecule has 1 amide bonds. The van der Waals surface area contributed by atoms with Gasteiger partial charge in [-0.1, -0.05) is 12.1 Å². The van der Waals surface area contributed by atoms with Gasteiger partial charge in [-0.15, -0.1) is 0 Å². The predicted molar refractivity (Wildman–Crippen MR) is 63.3 cm³/mol. The summed E-state index contributed by atoms with van der Waals surface area (Å²) in [5.74, 6) is 0.433. The third kappa shape index (κ3) is 3.58. The molecule has 0 aliphatic heterocycles. The number of nitrogens with one attached hydrogen (secondary N) is 1. The Balaban J connectivity index is 1.82. The van der Waals surface area contributed by atoms with Crippen LogP contribution in [0.15, 0.2) is 24.3 Å². The lowest BCUT2D eigenvalue weighted by molar-refractivity contribution is -0.120. The second kappa shape index (κ2) is 5.46. The molecule has 4 heteroatoms. The summed E-state index contributed by atoms with van der Waals surface area (Å²) in [4.78, 5) is 11.5. The summed E-state index contributed by atoms with van der Waals surface area (Å²) < 4.78 is 5.27. The second-order valence-electron chi connectivity index (χ2n) is 4.16. The van der Waals surface area contributed by atoms with Crippen LogP contribution in [0, 0.1) is 17.2 Å². The van der Waals surface area contributed by atoms with Crippen molar-refractivity contribution < 1.29 is 9.53 Å². The quantitative estimate of drug-likeness (QED) is 0.840. The highest BCUT2D eigenvalue weighted by atomic mass is 16.5. The van der Waals surface area contributed by atoms with Gasteiger partial charge in [-0.05, 0) is 30.9 Å². The topological polar surface area (TPSA) is 62.1 Å². The first-order chi connectivity index (χ1) is 8.29. The molecule has 0 heterocycles. The van der Waals surface area contributed by atoms with Crippen LogP contribution in [0.3, 0.4) is 0 Å². The molecule has 1 N–H and O–H groups in total. The van der Waals surface area contributed by atoms with E-state index in [-0.39, 0.29) is 12.5 Å². The molecular formula is C13H14N2O2. The summed E-state index contributed by atoms with van der Waals surface area (Å²) >= 11 is 0. The Hall–Kier alpha value is -1.86. The summed E-state index contributed by atoms with van der Waals surface area (Å²) in [6.07, 6.45) is 2.41. The molecule has 88 valence electrons. The van der Waals surface area contributed by atoms with Crippen molar-refractivity contribution in [3.05, 3.63) is 29.8 Å². The number of rotatable bonds is 5. The molecule has 0 unspecified atom stereocenters. The smallest absolute Gasteiger partial charge is 0.250 e. The van der Waals surface area contributed by atoms with E-state index < -0.39 is 0 Å². The molecular weight excluding hydrogens is 216 g/mol. The number of ether oxygens (including phenoxy) is 1. The van der Waals surface area contributed by atoms with E-state index in [1.807, 2.05) is 6.07 Å². The van der Waals surface area contributed by atoms with E-state index in [0.717, 1.165) is 0 Å². The van der Waals surface area contributed by atoms with Crippen LogP contribution >= 0.6 is 0 Å². The van der Waals surface area contributed by atoms with Gasteiger partial charge >= 0.3 is 0 Å². The average Bonchev–Trinajstić information content (AvgIpc) is 3.14. The monoisotopic (exact) mass is 230 g/mol. The third-order valence-corrected chi connectivity index (χ3v) is 2.61. The number of amides is 1. The number of carbonyl (C=O) groups is 1. The van der Waals surface area contributed by atoms with Gasteiger partial charge in [-0.3, -0.25) is 4.79 Å². The number of para-hydroxylation sites is 1. The number of hydrogen-bond donors (Lipinski definition) is 1. The maximum absolute atomic E-state index is 11.5. The Morgan fingerprint density at radius 3 is 2.94 bits per heavy atom. The van der Waals surface area contributed by atoms with E-state index in [1.54, 1.807) is 24.3 Å². The Bertz CT molecular complexity index is 447. The standard InChI is InChI=1S/C13H14N2O2/c14-7-11-3-1-2-4-12(11)15-13(16)9-17-8-10-5-6-10/h1-4,10H,5-6,8-9H2,(H,15,16). The van der Waals surface area contributed by atoms with Crippen LogP contribution in [-0.4, -0.2) is 19.1 Å². The zero-order valence-electron chi connectivity index (χ0n) is 9.48. The lowest BCUT2D eigenvalue weighted by Crippen LogP contribution is -2.19. The van der Waals surface area contributed by atoms with E-state index in [2.05, 4.69) is 5.32 Å². The Labute approximate surface area is 100 Å². The molecule has 0 aromatic heterocycles. The highest BCUT2D eigenvalue weighted by Gasteiger charge is 2.21. The Morgan fingerprint density at radius 2 is 2.24 bits per heavy atom. The van der Waals surface area contributed by atoms with Crippen molar-refractivity contribution in [2.24, 2.45) is 5.92 Å². The minimum absolute atomic E-state index is 0.0518. The van der Waals surface area contributed by atoms with Gasteiger partial charge in [-0.2, -0.15) is 5.26 Å². The van der Waals surface area contributed by atoms with Gasteiger partial charge in [0.15, 0.2) is 0 Å². The van der Waals surface area contributed by atoms with Crippen LogP contribution in [0.2, 0.25) is 0 Å². The summed E-state index contributed by atoms with van der Waals surface area (Å²) in [5, 5.41) is 11.5. The van der Waals surface area contributed by atoms with Crippen molar-refractivity contribution in [1.82, 2.24) is 0 Å². The second-order valence-corrected chi connectivity index (χ2v) is 4.16. The van der Waals surface area contributed by atoms with Crippen LogP contribution in [0.25, 0.3) is 0 Å². The van der Waals surface area contributed by atoms with Crippen molar-refractivity contribution in [2.45, 2.75) is 12.8 Å². The number of nitrogens with zero attached hydrogens (tertiary/aromatic N) is 1. The summed E-state index contributed by atoms with van der Waals surface area (Å²) in [6, 6.07) is 8.94. The van der Waals surface area contributed by atoms with E-state index in [4.69, 9.17) is 10.00 Å². The Kier molecular flexibility index (Phi) is 3.73. The fourth-order valence-electron chi connectivity index (χ4n) is 1.48. The Morgan fingerprint density at radius 1 is 1.47 bits per heavy atom. The van der Waals surface area contributed by atoms with E-state index in [1.165, 1.54) is 12.8 Å². The van der Waals surface area contributed by atoms with Gasteiger partial charge < -0.3 is 10.1 Å². The maximum atomic E-state index is 11.5. The van der Waals surface area contributed by atoms with E-state index in [9.17, 15) is 4.79 Å². The molecule has 17 heavy (non-hydrogen) atoms. The molecule has 1 saturated carbocycles. The summed E-state index contributed by atoms with van der Waals surface area (Å²) in [7, 11) is 0. The molecule has 2 rings (SSSR count). The van der Waals surface area contributed by atoms with Crippen molar-refractivity contribution >= 4 is 11.6 Å². The summed E-state index contributed by atoms with van der Waals surface area (Å²) in [6.45, 7) is 0.712. The lowest BCUT2D eigenvalue weighted by atomic mass is 10.2. The van der Waals surface area contributed by atoms with Crippen LogP contribution in [0.1, 0.15) is 18.4 Å². The van der Waals surface area contributed by atoms with Gasteiger partial charge in [0.05, 0.1) is 17.9 Å². The van der Waals surface area contributed by atoms with Crippen molar-refractivity contribution in [3.63, 3.8) is 0 Å². The molecule has 1 aromatic carbocycles. The van der Waals surface area contributed by atoms with Crippen molar-refractivity contribution in [1.29, 1.82) is 5.26 Å². The average molecular weight is 230 g/mol. The first kappa shape index (κ1) is 11.6. The normalized spacial score (nSPS) is 14.1. The minimum Gasteiger partial charge on any atom is -0.371 e. The summed E-state index contributed by atoms with van der Waals surface area (Å²) in [5.41, 5.74) is 0.998. The highest BCUT2D eigenvalue weighted by molar-refractivity contribution is 5.92.